The molecule has 0 amide bonds. The van der Waals surface area contributed by atoms with Gasteiger partial charge in [0.15, 0.2) is 0 Å². The second kappa shape index (κ2) is 1.84. The van der Waals surface area contributed by atoms with Crippen LogP contribution in [0.5, 0.6) is 0 Å². The third-order valence-electron chi connectivity index (χ3n) is 6.85. The molecule has 1 heteroatoms. The van der Waals surface area contributed by atoms with Gasteiger partial charge in [0.05, 0.1) is 12.2 Å². The fourth-order valence-corrected chi connectivity index (χ4v) is 6.79. The van der Waals surface area contributed by atoms with Crippen molar-refractivity contribution in [2.45, 2.75) is 25.0 Å². The Bertz CT molecular complexity index is 400. The molecule has 6 rings (SSSR count). The first kappa shape index (κ1) is 7.11. The Morgan fingerprint density at radius 3 is 2.87 bits per heavy atom. The molecule has 0 radical (unpaired) electrons. The SMILES string of the molecule is C1=CC2C3C1CC1CC4C5OC5C2C4C13. The predicted octanol–water partition coefficient (Wildman–Crippen LogP) is 2.09. The summed E-state index contributed by atoms with van der Waals surface area (Å²) in [5.74, 6) is 8.27. The summed E-state index contributed by atoms with van der Waals surface area (Å²) in [5.41, 5.74) is 0. The molecular weight excluding hydrogens is 184 g/mol. The van der Waals surface area contributed by atoms with Gasteiger partial charge in [-0.25, -0.2) is 0 Å². The standard InChI is InChI=1S/C14H16O/c1-2-7-9-5(1)3-6-4-8-11(10(6)9)12(7)14-13(8)15-14/h1-2,5-14H,3-4H2. The van der Waals surface area contributed by atoms with E-state index in [9.17, 15) is 0 Å². The molecule has 0 bridgehead atoms. The van der Waals surface area contributed by atoms with Gasteiger partial charge in [-0.05, 0) is 60.2 Å². The zero-order valence-corrected chi connectivity index (χ0v) is 8.75. The smallest absolute Gasteiger partial charge is 0.0881 e. The number of hydrogen-bond acceptors (Lipinski definition) is 1. The second-order valence-corrected chi connectivity index (χ2v) is 6.90. The van der Waals surface area contributed by atoms with E-state index in [1.165, 1.54) is 12.8 Å². The molecule has 5 aliphatic carbocycles. The van der Waals surface area contributed by atoms with Crippen LogP contribution in [0.2, 0.25) is 0 Å². The topological polar surface area (TPSA) is 12.5 Å². The van der Waals surface area contributed by atoms with E-state index in [1.807, 2.05) is 0 Å². The van der Waals surface area contributed by atoms with Crippen LogP contribution in [0.25, 0.3) is 0 Å². The summed E-state index contributed by atoms with van der Waals surface area (Å²) < 4.78 is 5.94. The summed E-state index contributed by atoms with van der Waals surface area (Å²) in [7, 11) is 0. The van der Waals surface area contributed by atoms with E-state index in [4.69, 9.17) is 4.74 Å². The molecule has 0 aromatic rings. The minimum atomic E-state index is 0.708. The van der Waals surface area contributed by atoms with Crippen molar-refractivity contribution in [2.75, 3.05) is 0 Å². The minimum absolute atomic E-state index is 0.708. The lowest BCUT2D eigenvalue weighted by Gasteiger charge is -2.19. The van der Waals surface area contributed by atoms with E-state index in [1.54, 1.807) is 0 Å². The van der Waals surface area contributed by atoms with E-state index < -0.39 is 0 Å². The first-order chi connectivity index (χ1) is 7.43. The van der Waals surface area contributed by atoms with E-state index in [2.05, 4.69) is 12.2 Å². The molecular formula is C14H16O. The molecule has 6 aliphatic rings. The fourth-order valence-electron chi connectivity index (χ4n) is 6.79. The summed E-state index contributed by atoms with van der Waals surface area (Å²) >= 11 is 0. The Hall–Kier alpha value is -0.300. The third kappa shape index (κ3) is 0.544. The summed E-state index contributed by atoms with van der Waals surface area (Å²) in [6, 6.07) is 0. The molecule has 0 spiro atoms. The van der Waals surface area contributed by atoms with Crippen LogP contribution >= 0.6 is 0 Å². The first-order valence-electron chi connectivity index (χ1n) is 6.77. The van der Waals surface area contributed by atoms with Crippen LogP contribution in [-0.2, 0) is 4.74 Å². The van der Waals surface area contributed by atoms with Gasteiger partial charge in [-0.15, -0.1) is 0 Å². The van der Waals surface area contributed by atoms with E-state index in [0.717, 1.165) is 53.4 Å². The number of ether oxygens (including phenoxy) is 1. The Balaban J connectivity index is 1.63. The van der Waals surface area contributed by atoms with Crippen molar-refractivity contribution in [1.82, 2.24) is 0 Å². The monoisotopic (exact) mass is 200 g/mol. The molecule has 1 heterocycles. The van der Waals surface area contributed by atoms with Crippen LogP contribution in [0.15, 0.2) is 12.2 Å². The third-order valence-corrected chi connectivity index (χ3v) is 6.85. The lowest BCUT2D eigenvalue weighted by atomic mass is 9.87. The van der Waals surface area contributed by atoms with Crippen LogP contribution in [0.1, 0.15) is 12.8 Å². The van der Waals surface area contributed by atoms with Crippen LogP contribution in [0.3, 0.4) is 0 Å². The van der Waals surface area contributed by atoms with Gasteiger partial charge in [0.2, 0.25) is 0 Å². The van der Waals surface area contributed by atoms with Gasteiger partial charge >= 0.3 is 0 Å². The van der Waals surface area contributed by atoms with Gasteiger partial charge in [-0.1, -0.05) is 12.2 Å². The maximum absolute atomic E-state index is 5.94. The van der Waals surface area contributed by atoms with Crippen molar-refractivity contribution in [3.8, 4) is 0 Å². The van der Waals surface area contributed by atoms with Gasteiger partial charge in [-0.3, -0.25) is 0 Å². The molecule has 78 valence electrons. The highest BCUT2D eigenvalue weighted by molar-refractivity contribution is 5.29. The lowest BCUT2D eigenvalue weighted by molar-refractivity contribution is 0.161. The Kier molecular flexibility index (Phi) is 0.870. The van der Waals surface area contributed by atoms with Crippen molar-refractivity contribution >= 4 is 0 Å². The van der Waals surface area contributed by atoms with Crippen LogP contribution in [-0.4, -0.2) is 12.2 Å². The van der Waals surface area contributed by atoms with Crippen molar-refractivity contribution < 1.29 is 4.74 Å². The molecule has 1 saturated heterocycles. The normalized spacial score (nSPS) is 78.9. The molecule has 10 atom stereocenters. The van der Waals surface area contributed by atoms with Gasteiger partial charge in [0.25, 0.3) is 0 Å². The van der Waals surface area contributed by atoms with E-state index >= 15 is 0 Å². The van der Waals surface area contributed by atoms with Gasteiger partial charge in [-0.2, -0.15) is 0 Å². The molecule has 0 aromatic heterocycles. The Morgan fingerprint density at radius 1 is 0.867 bits per heavy atom. The van der Waals surface area contributed by atoms with Crippen LogP contribution < -0.4 is 0 Å². The molecule has 15 heavy (non-hydrogen) atoms. The highest BCUT2D eigenvalue weighted by atomic mass is 16.6. The van der Waals surface area contributed by atoms with Crippen molar-refractivity contribution in [1.29, 1.82) is 0 Å². The van der Waals surface area contributed by atoms with Crippen molar-refractivity contribution in [3.05, 3.63) is 12.2 Å². The summed E-state index contributed by atoms with van der Waals surface area (Å²) in [5, 5.41) is 0. The molecule has 1 aliphatic heterocycles. The van der Waals surface area contributed by atoms with Gasteiger partial charge < -0.3 is 4.74 Å². The molecule has 0 aromatic carbocycles. The number of rotatable bonds is 0. The Morgan fingerprint density at radius 2 is 1.87 bits per heavy atom. The Labute approximate surface area is 89.9 Å². The molecule has 1 nitrogen and oxygen atoms in total. The molecule has 10 unspecified atom stereocenters. The molecule has 5 fully saturated rings. The summed E-state index contributed by atoms with van der Waals surface area (Å²) in [6.45, 7) is 0. The maximum Gasteiger partial charge on any atom is 0.0881 e. The quantitative estimate of drug-likeness (QED) is 0.431. The lowest BCUT2D eigenvalue weighted by Crippen LogP contribution is -2.18. The highest BCUT2D eigenvalue weighted by Crippen LogP contribution is 2.76. The number of fused-ring (bicyclic) bond motifs is 4. The number of allylic oxidation sites excluding steroid dienone is 2. The van der Waals surface area contributed by atoms with Gasteiger partial charge in [0, 0.05) is 0 Å². The predicted molar refractivity (Wildman–Crippen MR) is 55.0 cm³/mol. The largest absolute Gasteiger partial charge is 0.369 e. The fraction of sp³-hybridized carbons (Fsp3) is 0.857. The zero-order chi connectivity index (χ0) is 9.31. The second-order valence-electron chi connectivity index (χ2n) is 6.90. The number of hydrogen-bond donors (Lipinski definition) is 0. The van der Waals surface area contributed by atoms with E-state index in [0.29, 0.717) is 6.10 Å². The molecule has 4 saturated carbocycles. The summed E-state index contributed by atoms with van der Waals surface area (Å²) in [6.07, 6.45) is 9.63. The average molecular weight is 200 g/mol. The van der Waals surface area contributed by atoms with Gasteiger partial charge in [0.1, 0.15) is 0 Å². The van der Waals surface area contributed by atoms with Crippen LogP contribution in [0, 0.1) is 47.3 Å². The highest BCUT2D eigenvalue weighted by Gasteiger charge is 2.76. The minimum Gasteiger partial charge on any atom is -0.369 e. The molecule has 0 N–H and O–H groups in total. The zero-order valence-electron chi connectivity index (χ0n) is 8.75. The van der Waals surface area contributed by atoms with Crippen molar-refractivity contribution in [3.63, 3.8) is 0 Å². The van der Waals surface area contributed by atoms with E-state index in [-0.39, 0.29) is 0 Å². The number of epoxide rings is 1. The van der Waals surface area contributed by atoms with Crippen molar-refractivity contribution in [2.24, 2.45) is 47.3 Å². The summed E-state index contributed by atoms with van der Waals surface area (Å²) in [4.78, 5) is 0. The van der Waals surface area contributed by atoms with Crippen LogP contribution in [0.4, 0.5) is 0 Å². The average Bonchev–Trinajstić information content (AvgIpc) is 2.62. The maximum atomic E-state index is 5.94. The first-order valence-corrected chi connectivity index (χ1v) is 6.77.